The van der Waals surface area contributed by atoms with Gasteiger partial charge in [-0.1, -0.05) is 19.9 Å². The van der Waals surface area contributed by atoms with Crippen molar-refractivity contribution in [1.82, 2.24) is 0 Å². The van der Waals surface area contributed by atoms with Crippen LogP contribution in [0.2, 0.25) is 0 Å². The summed E-state index contributed by atoms with van der Waals surface area (Å²) < 4.78 is 12.1. The Bertz CT molecular complexity index is 972. The molecule has 0 saturated heterocycles. The molecule has 0 bridgehead atoms. The molecule has 166 valence electrons. The second-order valence-electron chi connectivity index (χ2n) is 9.75. The van der Waals surface area contributed by atoms with Gasteiger partial charge in [-0.3, -0.25) is 14.6 Å². The number of Topliss-reactive ketones (excluding diaryl/α,β-unsaturated/α-hetero) is 1. The third kappa shape index (κ3) is 4.36. The molecule has 5 nitrogen and oxygen atoms in total. The number of methoxy groups -OCH3 is 1. The molecule has 0 radical (unpaired) electrons. The van der Waals surface area contributed by atoms with Crippen LogP contribution in [0.4, 0.5) is 0 Å². The predicted octanol–water partition coefficient (Wildman–Crippen LogP) is 5.76. The summed E-state index contributed by atoms with van der Waals surface area (Å²) in [6.45, 7) is 6.08. The standard InChI is InChI=1S/C25H30BrNO4/c1-14-21(24(29)31-16-7-5-6-8-16)22(15-9-10-20(30-4)17(26)11-15)23-18(27-14)12-25(2,3)13-19(23)28/h9-11,16,21-22H,5-8,12-13H2,1-4H3/t21?,22-/m1/s1. The first kappa shape index (κ1) is 22.3. The summed E-state index contributed by atoms with van der Waals surface area (Å²) in [4.78, 5) is 31.5. The van der Waals surface area contributed by atoms with Crippen molar-refractivity contribution in [2.24, 2.45) is 16.3 Å². The highest BCUT2D eigenvalue weighted by Gasteiger charge is 2.46. The molecule has 0 amide bonds. The molecule has 3 aliphatic rings. The lowest BCUT2D eigenvalue weighted by molar-refractivity contribution is -0.151. The highest BCUT2D eigenvalue weighted by Crippen LogP contribution is 2.48. The SMILES string of the molecule is COc1ccc([C@H]2C3=C(CC(C)(C)CC3=O)N=C(C)C2C(=O)OC2CCCC2)cc1Br. The number of hydrogen-bond acceptors (Lipinski definition) is 5. The Kier molecular flexibility index (Phi) is 6.12. The minimum Gasteiger partial charge on any atom is -0.496 e. The van der Waals surface area contributed by atoms with Gasteiger partial charge < -0.3 is 9.47 Å². The number of allylic oxidation sites excluding steroid dienone is 2. The third-order valence-electron chi connectivity index (χ3n) is 6.68. The van der Waals surface area contributed by atoms with Gasteiger partial charge in [0.15, 0.2) is 5.78 Å². The van der Waals surface area contributed by atoms with Gasteiger partial charge >= 0.3 is 5.97 Å². The smallest absolute Gasteiger partial charge is 0.315 e. The van der Waals surface area contributed by atoms with E-state index in [1.807, 2.05) is 25.1 Å². The number of carbonyl (C=O) groups excluding carboxylic acids is 2. The van der Waals surface area contributed by atoms with Crippen LogP contribution in [0.3, 0.4) is 0 Å². The van der Waals surface area contributed by atoms with Crippen molar-refractivity contribution in [1.29, 1.82) is 0 Å². The Hall–Kier alpha value is -1.95. The summed E-state index contributed by atoms with van der Waals surface area (Å²) in [7, 11) is 1.62. The molecule has 4 rings (SSSR count). The summed E-state index contributed by atoms with van der Waals surface area (Å²) in [5, 5.41) is 0. The lowest BCUT2D eigenvalue weighted by atomic mass is 9.67. The maximum absolute atomic E-state index is 13.4. The number of nitrogens with zero attached hydrogens (tertiary/aromatic N) is 1. The van der Waals surface area contributed by atoms with Gasteiger partial charge in [0, 0.05) is 29.3 Å². The topological polar surface area (TPSA) is 65.0 Å². The van der Waals surface area contributed by atoms with Crippen molar-refractivity contribution in [2.75, 3.05) is 7.11 Å². The highest BCUT2D eigenvalue weighted by molar-refractivity contribution is 9.10. The van der Waals surface area contributed by atoms with Crippen LogP contribution in [0, 0.1) is 11.3 Å². The molecular weight excluding hydrogens is 458 g/mol. The summed E-state index contributed by atoms with van der Waals surface area (Å²) in [6.07, 6.45) is 5.16. The first-order valence-electron chi connectivity index (χ1n) is 11.1. The van der Waals surface area contributed by atoms with E-state index in [9.17, 15) is 9.59 Å². The Morgan fingerprint density at radius 2 is 1.90 bits per heavy atom. The maximum atomic E-state index is 13.4. The van der Waals surface area contributed by atoms with Crippen LogP contribution in [0.15, 0.2) is 38.9 Å². The van der Waals surface area contributed by atoms with Gasteiger partial charge in [-0.05, 0) is 78.1 Å². The van der Waals surface area contributed by atoms with Gasteiger partial charge in [0.2, 0.25) is 0 Å². The van der Waals surface area contributed by atoms with Gasteiger partial charge in [0.1, 0.15) is 17.8 Å². The zero-order valence-corrected chi connectivity index (χ0v) is 20.3. The minimum atomic E-state index is -0.593. The van der Waals surface area contributed by atoms with Crippen LogP contribution in [0.25, 0.3) is 0 Å². The molecule has 1 unspecified atom stereocenters. The molecule has 0 N–H and O–H groups in total. The molecular formula is C25H30BrNO4. The molecule has 1 aromatic carbocycles. The van der Waals surface area contributed by atoms with Crippen molar-refractivity contribution in [2.45, 2.75) is 71.3 Å². The first-order chi connectivity index (χ1) is 14.7. The number of benzene rings is 1. The fourth-order valence-corrected chi connectivity index (χ4v) is 5.79. The van der Waals surface area contributed by atoms with Crippen molar-refractivity contribution in [3.05, 3.63) is 39.5 Å². The van der Waals surface area contributed by atoms with Crippen LogP contribution in [0.5, 0.6) is 5.75 Å². The molecule has 0 aromatic heterocycles. The number of esters is 1. The zero-order valence-electron chi connectivity index (χ0n) is 18.7. The third-order valence-corrected chi connectivity index (χ3v) is 7.30. The lowest BCUT2D eigenvalue weighted by Crippen LogP contribution is -2.40. The Morgan fingerprint density at radius 3 is 2.55 bits per heavy atom. The zero-order chi connectivity index (χ0) is 22.3. The minimum absolute atomic E-state index is 0.0279. The van der Waals surface area contributed by atoms with Crippen molar-refractivity contribution in [3.8, 4) is 5.75 Å². The summed E-state index contributed by atoms with van der Waals surface area (Å²) in [5.74, 6) is -0.468. The molecule has 2 aliphatic carbocycles. The number of aliphatic imine (C=N–C) groups is 1. The first-order valence-corrected chi connectivity index (χ1v) is 11.8. The molecule has 1 fully saturated rings. The van der Waals surface area contributed by atoms with Gasteiger partial charge in [-0.25, -0.2) is 0 Å². The number of ether oxygens (including phenoxy) is 2. The van der Waals surface area contributed by atoms with Crippen LogP contribution < -0.4 is 4.74 Å². The average Bonchev–Trinajstić information content (AvgIpc) is 3.18. The number of hydrogen-bond donors (Lipinski definition) is 0. The summed E-state index contributed by atoms with van der Waals surface area (Å²) in [6, 6.07) is 5.77. The van der Waals surface area contributed by atoms with E-state index >= 15 is 0 Å². The van der Waals surface area contributed by atoms with Gasteiger partial charge in [0.05, 0.1) is 11.6 Å². The largest absolute Gasteiger partial charge is 0.496 e. The summed E-state index contributed by atoms with van der Waals surface area (Å²) >= 11 is 3.57. The monoisotopic (exact) mass is 487 g/mol. The fourth-order valence-electron chi connectivity index (χ4n) is 5.23. The second kappa shape index (κ2) is 8.53. The van der Waals surface area contributed by atoms with E-state index in [-0.39, 0.29) is 23.3 Å². The van der Waals surface area contributed by atoms with E-state index in [1.165, 1.54) is 0 Å². The molecule has 2 atom stereocenters. The van der Waals surface area contributed by atoms with Gasteiger partial charge in [-0.15, -0.1) is 0 Å². The molecule has 1 aliphatic heterocycles. The maximum Gasteiger partial charge on any atom is 0.315 e. The van der Waals surface area contributed by atoms with Crippen molar-refractivity contribution >= 4 is 33.4 Å². The molecule has 6 heteroatoms. The van der Waals surface area contributed by atoms with E-state index in [4.69, 9.17) is 14.5 Å². The van der Waals surface area contributed by atoms with Crippen LogP contribution in [-0.4, -0.2) is 30.7 Å². The Labute approximate surface area is 192 Å². The van der Waals surface area contributed by atoms with Crippen LogP contribution in [0.1, 0.15) is 70.8 Å². The number of ketones is 1. The fraction of sp³-hybridized carbons (Fsp3) is 0.560. The molecule has 1 saturated carbocycles. The van der Waals surface area contributed by atoms with Gasteiger partial charge in [-0.2, -0.15) is 0 Å². The average molecular weight is 488 g/mol. The number of halogens is 1. The quantitative estimate of drug-likeness (QED) is 0.506. The Balaban J connectivity index is 1.79. The highest BCUT2D eigenvalue weighted by atomic mass is 79.9. The van der Waals surface area contributed by atoms with Crippen LogP contribution >= 0.6 is 15.9 Å². The normalized spacial score (nSPS) is 25.8. The second-order valence-corrected chi connectivity index (χ2v) is 10.6. The van der Waals surface area contributed by atoms with Crippen molar-refractivity contribution in [3.63, 3.8) is 0 Å². The summed E-state index contributed by atoms with van der Waals surface area (Å²) in [5.41, 5.74) is 2.98. The van der Waals surface area contributed by atoms with Crippen LogP contribution in [-0.2, 0) is 14.3 Å². The van der Waals surface area contributed by atoms with Crippen molar-refractivity contribution < 1.29 is 19.1 Å². The van der Waals surface area contributed by atoms with E-state index < -0.39 is 11.8 Å². The molecule has 0 spiro atoms. The number of carbonyl (C=O) groups is 2. The number of rotatable bonds is 4. The Morgan fingerprint density at radius 1 is 1.19 bits per heavy atom. The lowest BCUT2D eigenvalue weighted by Gasteiger charge is -2.39. The van der Waals surface area contributed by atoms with E-state index in [0.29, 0.717) is 17.7 Å². The van der Waals surface area contributed by atoms with Gasteiger partial charge in [0.25, 0.3) is 0 Å². The van der Waals surface area contributed by atoms with E-state index in [2.05, 4.69) is 29.8 Å². The molecule has 1 heterocycles. The molecule has 1 aromatic rings. The van der Waals surface area contributed by atoms with E-state index in [0.717, 1.165) is 53.5 Å². The molecule has 31 heavy (non-hydrogen) atoms. The predicted molar refractivity (Wildman–Crippen MR) is 123 cm³/mol. The van der Waals surface area contributed by atoms with E-state index in [1.54, 1.807) is 7.11 Å².